The van der Waals surface area contributed by atoms with Crippen molar-refractivity contribution in [3.63, 3.8) is 0 Å². The molecule has 2 nitrogen and oxygen atoms in total. The third-order valence-electron chi connectivity index (χ3n) is 13.8. The van der Waals surface area contributed by atoms with E-state index in [1.165, 1.54) is 82.5 Å². The highest BCUT2D eigenvalue weighted by atomic mass is 15.1. The number of anilines is 3. The Morgan fingerprint density at radius 2 is 0.923 bits per heavy atom. The first kappa shape index (κ1) is 37.1. The predicted octanol–water partition coefficient (Wildman–Crippen LogP) is 16.6. The number of rotatable bonds is 7. The van der Waals surface area contributed by atoms with Crippen molar-refractivity contribution < 1.29 is 0 Å². The van der Waals surface area contributed by atoms with Crippen molar-refractivity contribution >= 4 is 55.0 Å². The molecule has 65 heavy (non-hydrogen) atoms. The molecule has 13 rings (SSSR count). The molecular weight excluding hydrogens is 785 g/mol. The highest BCUT2D eigenvalue weighted by molar-refractivity contribution is 6.19. The van der Waals surface area contributed by atoms with Crippen molar-refractivity contribution in [2.45, 2.75) is 5.41 Å². The lowest BCUT2D eigenvalue weighted by Crippen LogP contribution is -2.28. The van der Waals surface area contributed by atoms with E-state index < -0.39 is 5.41 Å². The second-order valence-electron chi connectivity index (χ2n) is 17.2. The Bertz CT molecular complexity index is 3720. The molecule has 1 aliphatic carbocycles. The van der Waals surface area contributed by atoms with E-state index in [0.717, 1.165) is 28.3 Å². The third-order valence-corrected chi connectivity index (χ3v) is 13.8. The number of benzene rings is 10. The van der Waals surface area contributed by atoms with Gasteiger partial charge in [-0.15, -0.1) is 0 Å². The quantitative estimate of drug-likeness (QED) is 0.155. The van der Waals surface area contributed by atoms with E-state index in [0.29, 0.717) is 0 Å². The highest BCUT2D eigenvalue weighted by Gasteiger charge is 2.46. The smallest absolute Gasteiger partial charge is 0.0714 e. The molecule has 0 bridgehead atoms. The van der Waals surface area contributed by atoms with E-state index in [4.69, 9.17) is 0 Å². The van der Waals surface area contributed by atoms with Gasteiger partial charge in [0.2, 0.25) is 0 Å². The van der Waals surface area contributed by atoms with Crippen LogP contribution in [0.25, 0.3) is 71.5 Å². The number of pyridine rings is 1. The third kappa shape index (κ3) is 5.67. The Hall–Kier alpha value is -8.46. The minimum atomic E-state index is -0.508. The molecule has 2 heterocycles. The van der Waals surface area contributed by atoms with E-state index in [9.17, 15) is 0 Å². The van der Waals surface area contributed by atoms with Crippen LogP contribution in [-0.2, 0) is 5.41 Å². The molecule has 1 aliphatic rings. The van der Waals surface area contributed by atoms with Crippen LogP contribution < -0.4 is 4.90 Å². The van der Waals surface area contributed by atoms with Crippen LogP contribution in [0, 0.1) is 0 Å². The Labute approximate surface area is 378 Å². The summed E-state index contributed by atoms with van der Waals surface area (Å²) in [7, 11) is 0. The molecule has 0 saturated heterocycles. The molecular formula is C63H42N2. The number of fused-ring (bicyclic) bond motifs is 9. The SMILES string of the molecule is c1ccc(-c2c3c4ccccc4ccc3n3c(-c4ccc(N(c5ccc6c(c5)C(c5ccccc5)(c5ccccc5)c5ccccc5-6)c5ccc6ccccc6c5)cc4)cccc23)cc1. The zero-order valence-electron chi connectivity index (χ0n) is 35.6. The number of hydrogen-bond donors (Lipinski definition) is 0. The summed E-state index contributed by atoms with van der Waals surface area (Å²) >= 11 is 0. The van der Waals surface area contributed by atoms with Crippen molar-refractivity contribution in [1.29, 1.82) is 0 Å². The van der Waals surface area contributed by atoms with Gasteiger partial charge in [0, 0.05) is 28.0 Å². The zero-order chi connectivity index (χ0) is 42.9. The van der Waals surface area contributed by atoms with E-state index in [-0.39, 0.29) is 0 Å². The Morgan fingerprint density at radius 1 is 0.338 bits per heavy atom. The molecule has 0 aliphatic heterocycles. The Morgan fingerprint density at radius 3 is 1.69 bits per heavy atom. The second kappa shape index (κ2) is 14.8. The summed E-state index contributed by atoms with van der Waals surface area (Å²) in [6, 6.07) is 93.9. The molecule has 10 aromatic carbocycles. The van der Waals surface area contributed by atoms with Crippen molar-refractivity contribution in [2.24, 2.45) is 0 Å². The standard InChI is InChI=1S/C63H42N2/c1-4-19-46(20-5-1)61-59-30-16-29-58(65(59)60-40-34-44-18-12-13-26-53(44)62(60)61)45-32-35-50(36-33-45)64(51-37-31-43-17-10-11-21-47(43)41-51)52-38-39-55-54-27-14-15-28-56(54)63(57(55)42-52,48-22-6-2-7-23-48)49-24-8-3-9-25-49/h1-42H. The van der Waals surface area contributed by atoms with Crippen molar-refractivity contribution in [2.75, 3.05) is 4.90 Å². The van der Waals surface area contributed by atoms with Crippen molar-refractivity contribution in [1.82, 2.24) is 4.40 Å². The molecule has 304 valence electrons. The van der Waals surface area contributed by atoms with Crippen LogP contribution in [0.4, 0.5) is 17.1 Å². The summed E-state index contributed by atoms with van der Waals surface area (Å²) in [4.78, 5) is 2.44. The van der Waals surface area contributed by atoms with Crippen molar-refractivity contribution in [3.8, 4) is 33.5 Å². The molecule has 12 aromatic rings. The first-order valence-corrected chi connectivity index (χ1v) is 22.5. The van der Waals surface area contributed by atoms with Gasteiger partial charge >= 0.3 is 0 Å². The van der Waals surface area contributed by atoms with Gasteiger partial charge in [0.15, 0.2) is 0 Å². The summed E-state index contributed by atoms with van der Waals surface area (Å²) in [5.74, 6) is 0. The minimum Gasteiger partial charge on any atom is -0.310 e. The largest absolute Gasteiger partial charge is 0.310 e. The first-order valence-electron chi connectivity index (χ1n) is 22.5. The first-order chi connectivity index (χ1) is 32.3. The van der Waals surface area contributed by atoms with Gasteiger partial charge in [-0.05, 0) is 121 Å². The van der Waals surface area contributed by atoms with Crippen LogP contribution in [0.2, 0.25) is 0 Å². The van der Waals surface area contributed by atoms with E-state index >= 15 is 0 Å². The average Bonchev–Trinajstić information content (AvgIpc) is 3.89. The van der Waals surface area contributed by atoms with Gasteiger partial charge in [0.1, 0.15) is 0 Å². The van der Waals surface area contributed by atoms with Gasteiger partial charge in [-0.2, -0.15) is 0 Å². The lowest BCUT2D eigenvalue weighted by Gasteiger charge is -2.35. The fourth-order valence-electron chi connectivity index (χ4n) is 11.0. The molecule has 2 aromatic heterocycles. The van der Waals surface area contributed by atoms with Gasteiger partial charge in [0.25, 0.3) is 0 Å². The maximum atomic E-state index is 2.46. The second-order valence-corrected chi connectivity index (χ2v) is 17.2. The van der Waals surface area contributed by atoms with Crippen molar-refractivity contribution in [3.05, 3.63) is 277 Å². The van der Waals surface area contributed by atoms with E-state index in [1.54, 1.807) is 0 Å². The molecule has 0 radical (unpaired) electrons. The van der Waals surface area contributed by atoms with Crippen LogP contribution in [-0.4, -0.2) is 4.40 Å². The number of aromatic nitrogens is 1. The van der Waals surface area contributed by atoms with Crippen LogP contribution in [0.5, 0.6) is 0 Å². The van der Waals surface area contributed by atoms with Gasteiger partial charge in [-0.3, -0.25) is 0 Å². The van der Waals surface area contributed by atoms with Gasteiger partial charge in [0.05, 0.1) is 22.1 Å². The number of hydrogen-bond acceptors (Lipinski definition) is 1. The zero-order valence-corrected chi connectivity index (χ0v) is 35.6. The lowest BCUT2D eigenvalue weighted by atomic mass is 9.67. The van der Waals surface area contributed by atoms with Crippen LogP contribution in [0.15, 0.2) is 255 Å². The fourth-order valence-corrected chi connectivity index (χ4v) is 11.0. The normalized spacial score (nSPS) is 12.7. The summed E-state index contributed by atoms with van der Waals surface area (Å²) in [5, 5.41) is 6.21. The van der Waals surface area contributed by atoms with Crippen LogP contribution in [0.3, 0.4) is 0 Å². The molecule has 0 saturated carbocycles. The molecule has 0 N–H and O–H groups in total. The average molecular weight is 827 g/mol. The maximum Gasteiger partial charge on any atom is 0.0714 e. The predicted molar refractivity (Wildman–Crippen MR) is 273 cm³/mol. The lowest BCUT2D eigenvalue weighted by molar-refractivity contribution is 0.768. The fraction of sp³-hybridized carbons (Fsp3) is 0.0159. The van der Waals surface area contributed by atoms with Gasteiger partial charge in [-0.1, -0.05) is 200 Å². The van der Waals surface area contributed by atoms with Gasteiger partial charge < -0.3 is 9.30 Å². The topological polar surface area (TPSA) is 7.65 Å². The monoisotopic (exact) mass is 826 g/mol. The molecule has 0 spiro atoms. The van der Waals surface area contributed by atoms with E-state index in [2.05, 4.69) is 264 Å². The molecule has 0 fully saturated rings. The summed E-state index contributed by atoms with van der Waals surface area (Å²) < 4.78 is 2.46. The molecule has 0 amide bonds. The maximum absolute atomic E-state index is 2.46. The minimum absolute atomic E-state index is 0.508. The molecule has 0 atom stereocenters. The Kier molecular flexibility index (Phi) is 8.47. The number of nitrogens with zero attached hydrogens (tertiary/aromatic N) is 2. The summed E-state index contributed by atoms with van der Waals surface area (Å²) in [5.41, 5.74) is 17.6. The summed E-state index contributed by atoms with van der Waals surface area (Å²) in [6.07, 6.45) is 0. The van der Waals surface area contributed by atoms with Crippen LogP contribution >= 0.6 is 0 Å². The highest BCUT2D eigenvalue weighted by Crippen LogP contribution is 2.57. The van der Waals surface area contributed by atoms with E-state index in [1.807, 2.05) is 0 Å². The summed E-state index contributed by atoms with van der Waals surface area (Å²) in [6.45, 7) is 0. The molecule has 0 unspecified atom stereocenters. The van der Waals surface area contributed by atoms with Gasteiger partial charge in [-0.25, -0.2) is 0 Å². The molecule has 2 heteroatoms. The Balaban J connectivity index is 1.02. The van der Waals surface area contributed by atoms with Crippen LogP contribution in [0.1, 0.15) is 22.3 Å².